The Bertz CT molecular complexity index is 871. The molecular weight excluding hydrogens is 310 g/mol. The zero-order valence-corrected chi connectivity index (χ0v) is 14.7. The molecule has 0 bridgehead atoms. The number of nitrogens with zero attached hydrogens (tertiary/aromatic N) is 1. The van der Waals surface area contributed by atoms with Gasteiger partial charge >= 0.3 is 0 Å². The van der Waals surface area contributed by atoms with Crippen molar-refractivity contribution in [2.24, 2.45) is 5.84 Å². The van der Waals surface area contributed by atoms with Gasteiger partial charge in [-0.15, -0.1) is 0 Å². The number of allylic oxidation sites excluding steroid dienone is 1. The van der Waals surface area contributed by atoms with Crippen molar-refractivity contribution in [3.05, 3.63) is 52.7 Å². The van der Waals surface area contributed by atoms with E-state index in [0.717, 1.165) is 44.2 Å². The maximum Gasteiger partial charge on any atom is 0.268 e. The third-order valence-corrected chi connectivity index (χ3v) is 5.45. The molecule has 3 N–H and O–H groups in total. The lowest BCUT2D eigenvalue weighted by atomic mass is 9.92. The van der Waals surface area contributed by atoms with Crippen LogP contribution in [-0.4, -0.2) is 21.9 Å². The van der Waals surface area contributed by atoms with Crippen LogP contribution in [0.15, 0.2) is 35.9 Å². The Morgan fingerprint density at radius 2 is 2.20 bits per heavy atom. The van der Waals surface area contributed by atoms with Crippen molar-refractivity contribution in [2.75, 3.05) is 0 Å². The number of aromatic nitrogens is 1. The molecule has 1 aromatic heterocycles. The van der Waals surface area contributed by atoms with Gasteiger partial charge in [0.05, 0.1) is 0 Å². The Kier molecular flexibility index (Phi) is 4.22. The zero-order chi connectivity index (χ0) is 17.4. The van der Waals surface area contributed by atoms with E-state index in [4.69, 9.17) is 5.84 Å². The van der Waals surface area contributed by atoms with Gasteiger partial charge < -0.3 is 4.98 Å². The molecule has 1 fully saturated rings. The normalized spacial score (nSPS) is 17.0. The second kappa shape index (κ2) is 6.52. The number of aryl methyl sites for hydroxylation is 1. The molecule has 25 heavy (non-hydrogen) atoms. The molecule has 1 aromatic carbocycles. The van der Waals surface area contributed by atoms with Crippen LogP contribution in [0.2, 0.25) is 0 Å². The quantitative estimate of drug-likeness (QED) is 0.506. The molecule has 0 spiro atoms. The number of amides is 1. The molecule has 2 aromatic rings. The fourth-order valence-corrected chi connectivity index (χ4v) is 3.80. The van der Waals surface area contributed by atoms with E-state index >= 15 is 0 Å². The molecule has 4 heteroatoms. The van der Waals surface area contributed by atoms with Gasteiger partial charge in [0.2, 0.25) is 0 Å². The highest BCUT2D eigenvalue weighted by Gasteiger charge is 2.28. The molecule has 0 atom stereocenters. The number of hydrazine groups is 1. The molecule has 0 unspecified atom stereocenters. The van der Waals surface area contributed by atoms with Gasteiger partial charge in [0, 0.05) is 28.2 Å². The molecule has 1 amide bonds. The predicted molar refractivity (Wildman–Crippen MR) is 102 cm³/mol. The molecular formula is C21H25N3O. The lowest BCUT2D eigenvalue weighted by Gasteiger charge is -2.34. The van der Waals surface area contributed by atoms with E-state index in [1.54, 1.807) is 0 Å². The van der Waals surface area contributed by atoms with Crippen molar-refractivity contribution in [2.45, 2.75) is 51.5 Å². The second-order valence-corrected chi connectivity index (χ2v) is 7.11. The number of rotatable bonds is 4. The average molecular weight is 335 g/mol. The summed E-state index contributed by atoms with van der Waals surface area (Å²) in [6.45, 7) is 2.20. The monoisotopic (exact) mass is 335 g/mol. The Hall–Kier alpha value is -2.33. The summed E-state index contributed by atoms with van der Waals surface area (Å²) in [6.07, 6.45) is 12.1. The number of nitrogens with two attached hydrogens (primary N) is 1. The van der Waals surface area contributed by atoms with Gasteiger partial charge in [-0.3, -0.25) is 9.80 Å². The molecule has 4 nitrogen and oxygen atoms in total. The van der Waals surface area contributed by atoms with Crippen LogP contribution in [0.3, 0.4) is 0 Å². The molecule has 130 valence electrons. The molecule has 1 heterocycles. The van der Waals surface area contributed by atoms with Crippen molar-refractivity contribution in [1.29, 1.82) is 0 Å². The summed E-state index contributed by atoms with van der Waals surface area (Å²) in [5.74, 6) is 5.98. The van der Waals surface area contributed by atoms with E-state index in [-0.39, 0.29) is 11.9 Å². The molecule has 1 saturated carbocycles. The Labute approximate surface area is 148 Å². The number of aromatic amines is 1. The summed E-state index contributed by atoms with van der Waals surface area (Å²) < 4.78 is 0. The van der Waals surface area contributed by atoms with Gasteiger partial charge in [-0.25, -0.2) is 5.84 Å². The smallest absolute Gasteiger partial charge is 0.268 e. The van der Waals surface area contributed by atoms with E-state index in [1.807, 2.05) is 12.2 Å². The van der Waals surface area contributed by atoms with Crippen LogP contribution < -0.4 is 5.84 Å². The first-order valence-corrected chi connectivity index (χ1v) is 9.28. The first kappa shape index (κ1) is 16.2. The second-order valence-electron chi connectivity index (χ2n) is 7.11. The fourth-order valence-electron chi connectivity index (χ4n) is 3.80. The highest BCUT2D eigenvalue weighted by Crippen LogP contribution is 2.31. The van der Waals surface area contributed by atoms with Crippen molar-refractivity contribution >= 4 is 22.9 Å². The molecule has 0 saturated heterocycles. The maximum atomic E-state index is 12.7. The number of para-hydroxylation sites is 1. The third kappa shape index (κ3) is 2.81. The average Bonchev–Trinajstić information content (AvgIpc) is 2.77. The van der Waals surface area contributed by atoms with Gasteiger partial charge in [-0.1, -0.05) is 43.7 Å². The van der Waals surface area contributed by atoms with E-state index < -0.39 is 0 Å². The molecule has 0 radical (unpaired) electrons. The van der Waals surface area contributed by atoms with Crippen LogP contribution in [0.1, 0.15) is 49.4 Å². The van der Waals surface area contributed by atoms with E-state index in [1.165, 1.54) is 27.0 Å². The number of hydrogen-bond donors (Lipinski definition) is 2. The zero-order valence-electron chi connectivity index (χ0n) is 14.7. The van der Waals surface area contributed by atoms with E-state index in [9.17, 15) is 4.79 Å². The molecule has 2 aliphatic carbocycles. The van der Waals surface area contributed by atoms with Gasteiger partial charge in [-0.2, -0.15) is 0 Å². The minimum atomic E-state index is -0.0822. The number of fused-ring (bicyclic) bond motifs is 3. The predicted octanol–water partition coefficient (Wildman–Crippen LogP) is 3.87. The number of H-pyrrole nitrogens is 1. The SMILES string of the molecule is CCCc1cccc2c3c([nH]c12)C=C(C(=O)N(N)C1CCC1)C=CC3. The Morgan fingerprint density at radius 3 is 2.92 bits per heavy atom. The largest absolute Gasteiger partial charge is 0.355 e. The number of carbonyl (C=O) groups excluding carboxylic acids is 1. The Morgan fingerprint density at radius 1 is 1.36 bits per heavy atom. The number of carbonyl (C=O) groups is 1. The van der Waals surface area contributed by atoms with Crippen LogP contribution in [0, 0.1) is 0 Å². The summed E-state index contributed by atoms with van der Waals surface area (Å²) in [6, 6.07) is 6.68. The van der Waals surface area contributed by atoms with Gasteiger partial charge in [0.1, 0.15) is 0 Å². The summed E-state index contributed by atoms with van der Waals surface area (Å²) in [5, 5.41) is 2.69. The van der Waals surface area contributed by atoms with Crippen LogP contribution >= 0.6 is 0 Å². The summed E-state index contributed by atoms with van der Waals surface area (Å²) in [4.78, 5) is 16.3. The van der Waals surface area contributed by atoms with Crippen LogP contribution in [0.25, 0.3) is 17.0 Å². The minimum absolute atomic E-state index is 0.0822. The molecule has 2 aliphatic rings. The summed E-state index contributed by atoms with van der Waals surface area (Å²) in [5.41, 5.74) is 5.51. The first-order valence-electron chi connectivity index (χ1n) is 9.28. The van der Waals surface area contributed by atoms with E-state index in [0.29, 0.717) is 5.57 Å². The topological polar surface area (TPSA) is 62.1 Å². The standard InChI is InChI=1S/C21H25N3O/c1-2-6-14-7-3-12-18-17-11-4-8-15(13-19(17)23-20(14)18)21(25)24(22)16-9-5-10-16/h3-4,7-8,12-13,16,23H,2,5-6,9-11,22H2,1H3. The molecule has 0 aliphatic heterocycles. The highest BCUT2D eigenvalue weighted by molar-refractivity contribution is 6.02. The number of hydrogen-bond acceptors (Lipinski definition) is 2. The third-order valence-electron chi connectivity index (χ3n) is 5.45. The summed E-state index contributed by atoms with van der Waals surface area (Å²) in [7, 11) is 0. The van der Waals surface area contributed by atoms with Crippen molar-refractivity contribution in [1.82, 2.24) is 9.99 Å². The van der Waals surface area contributed by atoms with Crippen molar-refractivity contribution in [3.63, 3.8) is 0 Å². The maximum absolute atomic E-state index is 12.7. The van der Waals surface area contributed by atoms with Crippen LogP contribution in [0.5, 0.6) is 0 Å². The van der Waals surface area contributed by atoms with Gasteiger partial charge in [0.15, 0.2) is 0 Å². The number of nitrogens with one attached hydrogen (secondary N) is 1. The lowest BCUT2D eigenvalue weighted by molar-refractivity contribution is -0.130. The van der Waals surface area contributed by atoms with Crippen LogP contribution in [-0.2, 0) is 17.6 Å². The van der Waals surface area contributed by atoms with Crippen molar-refractivity contribution < 1.29 is 4.79 Å². The van der Waals surface area contributed by atoms with Crippen molar-refractivity contribution in [3.8, 4) is 0 Å². The van der Waals surface area contributed by atoms with E-state index in [2.05, 4.69) is 36.2 Å². The first-order chi connectivity index (χ1) is 12.2. The van der Waals surface area contributed by atoms with Gasteiger partial charge in [0.25, 0.3) is 5.91 Å². The fraction of sp³-hybridized carbons (Fsp3) is 0.381. The lowest BCUT2D eigenvalue weighted by Crippen LogP contribution is -2.49. The van der Waals surface area contributed by atoms with Gasteiger partial charge in [-0.05, 0) is 49.3 Å². The Balaban J connectivity index is 1.73. The summed E-state index contributed by atoms with van der Waals surface area (Å²) >= 11 is 0. The molecule has 4 rings (SSSR count). The minimum Gasteiger partial charge on any atom is -0.355 e. The van der Waals surface area contributed by atoms with Crippen LogP contribution in [0.4, 0.5) is 0 Å². The number of benzene rings is 1. The highest BCUT2D eigenvalue weighted by atomic mass is 16.2.